The van der Waals surface area contributed by atoms with Gasteiger partial charge in [0, 0.05) is 12.1 Å². The number of halogens is 2. The number of thiazole rings is 1. The van der Waals surface area contributed by atoms with Crippen molar-refractivity contribution in [1.29, 1.82) is 0 Å². The summed E-state index contributed by atoms with van der Waals surface area (Å²) < 4.78 is 0. The lowest BCUT2D eigenvalue weighted by Gasteiger charge is -2.22. The van der Waals surface area contributed by atoms with Crippen LogP contribution in [0.25, 0.3) is 11.3 Å². The lowest BCUT2D eigenvalue weighted by molar-refractivity contribution is 0.0949. The van der Waals surface area contributed by atoms with Gasteiger partial charge in [-0.05, 0) is 38.8 Å². The second-order valence-electron chi connectivity index (χ2n) is 5.70. The van der Waals surface area contributed by atoms with E-state index in [1.54, 1.807) is 0 Å². The van der Waals surface area contributed by atoms with Crippen LogP contribution in [-0.2, 0) is 0 Å². The van der Waals surface area contributed by atoms with Crippen LogP contribution in [-0.4, -0.2) is 30.5 Å². The number of nitrogens with one attached hydrogen (secondary N) is 2. The number of hydrogen-bond donors (Lipinski definition) is 2. The molecule has 1 saturated heterocycles. The summed E-state index contributed by atoms with van der Waals surface area (Å²) in [5.74, 6) is 0.530. The fraction of sp³-hybridized carbons (Fsp3) is 0.412. The maximum absolute atomic E-state index is 12.5. The molecule has 0 radical (unpaired) electrons. The van der Waals surface area contributed by atoms with Gasteiger partial charge in [-0.2, -0.15) is 0 Å². The summed E-state index contributed by atoms with van der Waals surface area (Å²) in [6.45, 7) is 4.76. The van der Waals surface area contributed by atoms with E-state index in [1.807, 2.05) is 37.3 Å². The first-order valence-corrected chi connectivity index (χ1v) is 8.57. The van der Waals surface area contributed by atoms with Crippen molar-refractivity contribution in [3.63, 3.8) is 0 Å². The Kier molecular flexibility index (Phi) is 8.70. The van der Waals surface area contributed by atoms with E-state index in [0.29, 0.717) is 10.8 Å². The number of benzene rings is 1. The predicted octanol–water partition coefficient (Wildman–Crippen LogP) is 3.69. The highest BCUT2D eigenvalue weighted by Gasteiger charge is 2.20. The van der Waals surface area contributed by atoms with Crippen LogP contribution in [0.4, 0.5) is 0 Å². The molecule has 0 spiro atoms. The van der Waals surface area contributed by atoms with E-state index in [-0.39, 0.29) is 30.7 Å². The molecule has 7 heteroatoms. The molecule has 0 bridgehead atoms. The highest BCUT2D eigenvalue weighted by Crippen LogP contribution is 2.27. The molecule has 1 aromatic heterocycles. The van der Waals surface area contributed by atoms with Crippen molar-refractivity contribution in [1.82, 2.24) is 15.6 Å². The Balaban J connectivity index is 0.00000144. The molecular formula is C17H23Cl2N3OS. The second kappa shape index (κ2) is 9.99. The number of aryl methyl sites for hydroxylation is 1. The van der Waals surface area contributed by atoms with Crippen LogP contribution in [0.15, 0.2) is 30.3 Å². The number of carbonyl (C=O) groups excluding carboxylic acids is 1. The summed E-state index contributed by atoms with van der Waals surface area (Å²) in [7, 11) is 0. The minimum atomic E-state index is -0.00461. The van der Waals surface area contributed by atoms with E-state index < -0.39 is 0 Å². The fourth-order valence-electron chi connectivity index (χ4n) is 2.79. The number of hydrogen-bond acceptors (Lipinski definition) is 4. The van der Waals surface area contributed by atoms with Gasteiger partial charge in [0.05, 0.1) is 10.7 Å². The van der Waals surface area contributed by atoms with Gasteiger partial charge in [0.1, 0.15) is 4.88 Å². The predicted molar refractivity (Wildman–Crippen MR) is 105 cm³/mol. The van der Waals surface area contributed by atoms with Crippen molar-refractivity contribution >= 4 is 42.1 Å². The number of rotatable bonds is 4. The molecule has 1 amide bonds. The van der Waals surface area contributed by atoms with E-state index in [9.17, 15) is 4.79 Å². The number of aromatic nitrogens is 1. The van der Waals surface area contributed by atoms with Crippen LogP contribution in [0.5, 0.6) is 0 Å². The van der Waals surface area contributed by atoms with Gasteiger partial charge in [-0.3, -0.25) is 4.79 Å². The first-order chi connectivity index (χ1) is 10.7. The van der Waals surface area contributed by atoms with Gasteiger partial charge in [-0.15, -0.1) is 36.2 Å². The van der Waals surface area contributed by atoms with Crippen LogP contribution in [0, 0.1) is 12.8 Å². The molecule has 24 heavy (non-hydrogen) atoms. The SMILES string of the molecule is Cc1nc(-c2ccccc2)c(C(=O)NCC2CCCNC2)s1.Cl.Cl. The summed E-state index contributed by atoms with van der Waals surface area (Å²) in [5.41, 5.74) is 1.79. The maximum atomic E-state index is 12.5. The average Bonchev–Trinajstić information content (AvgIpc) is 2.96. The molecule has 1 unspecified atom stereocenters. The molecule has 1 atom stereocenters. The molecule has 0 aliphatic carbocycles. The van der Waals surface area contributed by atoms with Crippen molar-refractivity contribution < 1.29 is 4.79 Å². The molecule has 2 heterocycles. The first-order valence-electron chi connectivity index (χ1n) is 7.76. The minimum absolute atomic E-state index is 0. The zero-order valence-electron chi connectivity index (χ0n) is 13.6. The summed E-state index contributed by atoms with van der Waals surface area (Å²) >= 11 is 1.47. The largest absolute Gasteiger partial charge is 0.351 e. The van der Waals surface area contributed by atoms with Gasteiger partial charge in [0.25, 0.3) is 5.91 Å². The Morgan fingerprint density at radius 1 is 1.33 bits per heavy atom. The summed E-state index contributed by atoms with van der Waals surface area (Å²) in [6.07, 6.45) is 2.37. The van der Waals surface area contributed by atoms with E-state index in [2.05, 4.69) is 15.6 Å². The van der Waals surface area contributed by atoms with E-state index >= 15 is 0 Å². The van der Waals surface area contributed by atoms with Crippen molar-refractivity contribution in [2.45, 2.75) is 19.8 Å². The molecule has 1 aliphatic rings. The molecule has 1 fully saturated rings. The quantitative estimate of drug-likeness (QED) is 0.840. The van der Waals surface area contributed by atoms with E-state index in [4.69, 9.17) is 0 Å². The lowest BCUT2D eigenvalue weighted by atomic mass is 10.00. The Labute approximate surface area is 159 Å². The van der Waals surface area contributed by atoms with Crippen molar-refractivity contribution in [2.24, 2.45) is 5.92 Å². The van der Waals surface area contributed by atoms with Gasteiger partial charge in [0.2, 0.25) is 0 Å². The van der Waals surface area contributed by atoms with Gasteiger partial charge in [-0.1, -0.05) is 30.3 Å². The van der Waals surface area contributed by atoms with Gasteiger partial charge in [-0.25, -0.2) is 4.98 Å². The van der Waals surface area contributed by atoms with Gasteiger partial charge < -0.3 is 10.6 Å². The summed E-state index contributed by atoms with van der Waals surface area (Å²) in [4.78, 5) is 17.8. The molecule has 132 valence electrons. The molecule has 1 aromatic carbocycles. The molecule has 0 saturated carbocycles. The van der Waals surface area contributed by atoms with Gasteiger partial charge in [0.15, 0.2) is 0 Å². The van der Waals surface area contributed by atoms with E-state index in [1.165, 1.54) is 24.2 Å². The third-order valence-corrected chi connectivity index (χ3v) is 4.91. The van der Waals surface area contributed by atoms with Crippen LogP contribution < -0.4 is 10.6 Å². The summed E-state index contributed by atoms with van der Waals surface area (Å²) in [5, 5.41) is 7.38. The Morgan fingerprint density at radius 2 is 2.08 bits per heavy atom. The number of amides is 1. The van der Waals surface area contributed by atoms with Crippen molar-refractivity contribution in [2.75, 3.05) is 19.6 Å². The Morgan fingerprint density at radius 3 is 2.75 bits per heavy atom. The van der Waals surface area contributed by atoms with Crippen LogP contribution in [0.1, 0.15) is 27.5 Å². The molecule has 4 nitrogen and oxygen atoms in total. The average molecular weight is 388 g/mol. The van der Waals surface area contributed by atoms with Crippen molar-refractivity contribution in [3.8, 4) is 11.3 Å². The molecule has 3 rings (SSSR count). The lowest BCUT2D eigenvalue weighted by Crippen LogP contribution is -2.38. The van der Waals surface area contributed by atoms with Gasteiger partial charge >= 0.3 is 0 Å². The topological polar surface area (TPSA) is 54.0 Å². The first kappa shape index (κ1) is 20.9. The normalized spacial score (nSPS) is 16.6. The zero-order valence-corrected chi connectivity index (χ0v) is 16.0. The van der Waals surface area contributed by atoms with Crippen LogP contribution >= 0.6 is 36.2 Å². The Bertz CT molecular complexity index is 643. The zero-order chi connectivity index (χ0) is 15.4. The number of carbonyl (C=O) groups is 1. The highest BCUT2D eigenvalue weighted by molar-refractivity contribution is 7.14. The molecule has 2 aromatic rings. The molecule has 1 aliphatic heterocycles. The minimum Gasteiger partial charge on any atom is -0.351 e. The second-order valence-corrected chi connectivity index (χ2v) is 6.90. The third-order valence-electron chi connectivity index (χ3n) is 3.94. The van der Waals surface area contributed by atoms with Crippen LogP contribution in [0.2, 0.25) is 0 Å². The monoisotopic (exact) mass is 387 g/mol. The Hall–Kier alpha value is -1.14. The number of nitrogens with zero attached hydrogens (tertiary/aromatic N) is 1. The van der Waals surface area contributed by atoms with Crippen molar-refractivity contribution in [3.05, 3.63) is 40.2 Å². The summed E-state index contributed by atoms with van der Waals surface area (Å²) in [6, 6.07) is 9.91. The third kappa shape index (κ3) is 5.18. The van der Waals surface area contributed by atoms with Crippen LogP contribution in [0.3, 0.4) is 0 Å². The highest BCUT2D eigenvalue weighted by atomic mass is 35.5. The molecular weight excluding hydrogens is 365 g/mol. The smallest absolute Gasteiger partial charge is 0.263 e. The standard InChI is InChI=1S/C17H21N3OS.2ClH/c1-12-20-15(14-7-3-2-4-8-14)16(22-12)17(21)19-11-13-6-5-9-18-10-13;;/h2-4,7-8,13,18H,5-6,9-11H2,1H3,(H,19,21);2*1H. The fourth-order valence-corrected chi connectivity index (χ4v) is 3.65. The molecule has 2 N–H and O–H groups in total. The number of piperidine rings is 1. The van der Waals surface area contributed by atoms with E-state index in [0.717, 1.165) is 35.9 Å². The maximum Gasteiger partial charge on any atom is 0.263 e.